The molecule has 2 aromatic rings. The molecule has 1 N–H and O–H groups in total. The molecule has 0 bridgehead atoms. The molecule has 0 saturated heterocycles. The molecule has 1 atom stereocenters. The van der Waals surface area contributed by atoms with Crippen molar-refractivity contribution >= 4 is 29.6 Å². The van der Waals surface area contributed by atoms with Crippen molar-refractivity contribution in [3.8, 4) is 0 Å². The first-order chi connectivity index (χ1) is 10.1. The molecular weight excluding hydrogens is 286 g/mol. The highest BCUT2D eigenvalue weighted by atomic mass is 32.2. The Labute approximate surface area is 127 Å². The lowest BCUT2D eigenvalue weighted by Crippen LogP contribution is -2.23. The Morgan fingerprint density at radius 1 is 1.33 bits per heavy atom. The van der Waals surface area contributed by atoms with Crippen LogP contribution < -0.4 is 4.90 Å². The average molecular weight is 303 g/mol. The summed E-state index contributed by atoms with van der Waals surface area (Å²) in [7, 11) is 4.02. The van der Waals surface area contributed by atoms with Crippen LogP contribution in [0.15, 0.2) is 34.4 Å². The zero-order chi connectivity index (χ0) is 14.8. The van der Waals surface area contributed by atoms with Gasteiger partial charge in [0.15, 0.2) is 5.16 Å². The minimum absolute atomic E-state index is 0.369. The molecule has 0 radical (unpaired) electrons. The monoisotopic (exact) mass is 303 g/mol. The molecule has 0 fully saturated rings. The second-order valence-electron chi connectivity index (χ2n) is 5.10. The van der Waals surface area contributed by atoms with Crippen LogP contribution in [0.1, 0.15) is 5.56 Å². The predicted octanol–water partition coefficient (Wildman–Crippen LogP) is 1.56. The number of aliphatic hydroxyl groups is 1. The predicted molar refractivity (Wildman–Crippen MR) is 84.8 cm³/mol. The smallest absolute Gasteiger partial charge is 0.251 e. The number of hydrogen-bond donors (Lipinski definition) is 1. The topological polar surface area (TPSA) is 66.5 Å². The number of anilines is 1. The molecular formula is C14H17N5OS. The highest BCUT2D eigenvalue weighted by Crippen LogP contribution is 2.27. The molecule has 1 aliphatic heterocycles. The van der Waals surface area contributed by atoms with Gasteiger partial charge in [0.05, 0.1) is 12.6 Å². The number of hydrogen-bond acceptors (Lipinski definition) is 6. The normalized spacial score (nSPS) is 18.0. The molecule has 7 heteroatoms. The number of fused-ring (bicyclic) bond motifs is 1. The van der Waals surface area contributed by atoms with Crippen LogP contribution in [-0.4, -0.2) is 52.0 Å². The molecule has 21 heavy (non-hydrogen) atoms. The first-order valence-corrected chi connectivity index (χ1v) is 7.67. The van der Waals surface area contributed by atoms with Gasteiger partial charge in [-0.15, -0.1) is 10.2 Å². The van der Waals surface area contributed by atoms with Gasteiger partial charge in [0, 0.05) is 31.8 Å². The van der Waals surface area contributed by atoms with Crippen LogP contribution in [-0.2, 0) is 6.54 Å². The lowest BCUT2D eigenvalue weighted by Gasteiger charge is -2.17. The maximum atomic E-state index is 9.71. The van der Waals surface area contributed by atoms with E-state index in [4.69, 9.17) is 0 Å². The average Bonchev–Trinajstić information content (AvgIpc) is 2.88. The SMILES string of the molecule is CN(C)c1ccc(C=Nc2nnc3n2C[C@H](O)CS3)cc1. The van der Waals surface area contributed by atoms with E-state index in [1.165, 1.54) is 11.8 Å². The Bertz CT molecular complexity index is 650. The zero-order valence-corrected chi connectivity index (χ0v) is 12.8. The lowest BCUT2D eigenvalue weighted by atomic mass is 10.2. The van der Waals surface area contributed by atoms with Crippen LogP contribution in [0.25, 0.3) is 0 Å². The Morgan fingerprint density at radius 2 is 2.10 bits per heavy atom. The van der Waals surface area contributed by atoms with E-state index in [1.54, 1.807) is 6.21 Å². The Balaban J connectivity index is 1.79. The van der Waals surface area contributed by atoms with Crippen molar-refractivity contribution in [1.29, 1.82) is 0 Å². The van der Waals surface area contributed by atoms with Crippen molar-refractivity contribution in [1.82, 2.24) is 14.8 Å². The van der Waals surface area contributed by atoms with Crippen molar-refractivity contribution in [2.24, 2.45) is 4.99 Å². The van der Waals surface area contributed by atoms with Gasteiger partial charge in [-0.3, -0.25) is 4.57 Å². The van der Waals surface area contributed by atoms with E-state index in [0.717, 1.165) is 16.4 Å². The van der Waals surface area contributed by atoms with Crippen LogP contribution in [0, 0.1) is 0 Å². The number of rotatable bonds is 3. The van der Waals surface area contributed by atoms with Crippen LogP contribution in [0.3, 0.4) is 0 Å². The molecule has 0 spiro atoms. The lowest BCUT2D eigenvalue weighted by molar-refractivity contribution is 0.171. The molecule has 2 heterocycles. The van der Waals surface area contributed by atoms with Gasteiger partial charge in [0.1, 0.15) is 0 Å². The van der Waals surface area contributed by atoms with Crippen molar-refractivity contribution in [3.63, 3.8) is 0 Å². The summed E-state index contributed by atoms with van der Waals surface area (Å²) >= 11 is 1.50. The number of thioether (sulfide) groups is 1. The molecule has 0 unspecified atom stereocenters. The van der Waals surface area contributed by atoms with E-state index >= 15 is 0 Å². The summed E-state index contributed by atoms with van der Waals surface area (Å²) in [5, 5.41) is 18.7. The molecule has 0 saturated carbocycles. The van der Waals surface area contributed by atoms with Gasteiger partial charge in [-0.25, -0.2) is 4.99 Å². The molecule has 110 valence electrons. The van der Waals surface area contributed by atoms with Gasteiger partial charge in [0.25, 0.3) is 5.95 Å². The molecule has 3 rings (SSSR count). The van der Waals surface area contributed by atoms with Crippen LogP contribution in [0.2, 0.25) is 0 Å². The van der Waals surface area contributed by atoms with E-state index in [-0.39, 0.29) is 6.10 Å². The number of aromatic nitrogens is 3. The van der Waals surface area contributed by atoms with Gasteiger partial charge in [-0.1, -0.05) is 23.9 Å². The van der Waals surface area contributed by atoms with E-state index in [9.17, 15) is 5.11 Å². The van der Waals surface area contributed by atoms with Gasteiger partial charge in [-0.2, -0.15) is 0 Å². The molecule has 6 nitrogen and oxygen atoms in total. The highest BCUT2D eigenvalue weighted by molar-refractivity contribution is 7.99. The standard InChI is InChI=1S/C14H17N5OS/c1-18(2)11-5-3-10(4-6-11)7-15-13-16-17-14-19(13)8-12(20)9-21-14/h3-7,12,20H,8-9H2,1-2H3/t12-/m0/s1. The van der Waals surface area contributed by atoms with Gasteiger partial charge in [-0.05, 0) is 17.7 Å². The number of benzene rings is 1. The minimum atomic E-state index is -0.369. The van der Waals surface area contributed by atoms with Gasteiger partial charge < -0.3 is 10.0 Å². The maximum Gasteiger partial charge on any atom is 0.251 e. The van der Waals surface area contributed by atoms with Crippen molar-refractivity contribution in [2.75, 3.05) is 24.7 Å². The summed E-state index contributed by atoms with van der Waals surface area (Å²) in [6, 6.07) is 8.10. The van der Waals surface area contributed by atoms with Gasteiger partial charge in [0.2, 0.25) is 0 Å². The largest absolute Gasteiger partial charge is 0.390 e. The van der Waals surface area contributed by atoms with Crippen molar-refractivity contribution < 1.29 is 5.11 Å². The Morgan fingerprint density at radius 3 is 2.81 bits per heavy atom. The summed E-state index contributed by atoms with van der Waals surface area (Å²) in [5.74, 6) is 1.20. The minimum Gasteiger partial charge on any atom is -0.390 e. The van der Waals surface area contributed by atoms with Crippen LogP contribution >= 0.6 is 11.8 Å². The first-order valence-electron chi connectivity index (χ1n) is 6.69. The third kappa shape index (κ3) is 3.08. The maximum absolute atomic E-state index is 9.71. The third-order valence-electron chi connectivity index (χ3n) is 3.23. The molecule has 1 aromatic heterocycles. The van der Waals surface area contributed by atoms with Gasteiger partial charge >= 0.3 is 0 Å². The molecule has 0 aliphatic carbocycles. The van der Waals surface area contributed by atoms with Crippen LogP contribution in [0.4, 0.5) is 11.6 Å². The molecule has 0 amide bonds. The number of nitrogens with zero attached hydrogens (tertiary/aromatic N) is 5. The summed E-state index contributed by atoms with van der Waals surface area (Å²) in [5.41, 5.74) is 2.15. The number of aliphatic hydroxyl groups excluding tert-OH is 1. The van der Waals surface area contributed by atoms with E-state index < -0.39 is 0 Å². The fraction of sp³-hybridized carbons (Fsp3) is 0.357. The number of aliphatic imine (C=N–C) groups is 1. The third-order valence-corrected chi connectivity index (χ3v) is 4.35. The first kappa shape index (κ1) is 14.1. The van der Waals surface area contributed by atoms with E-state index in [0.29, 0.717) is 18.2 Å². The summed E-state index contributed by atoms with van der Waals surface area (Å²) in [4.78, 5) is 6.44. The Kier molecular flexibility index (Phi) is 3.94. The molecule has 1 aromatic carbocycles. The second kappa shape index (κ2) is 5.87. The van der Waals surface area contributed by atoms with E-state index in [2.05, 4.69) is 20.1 Å². The Hall–Kier alpha value is -1.86. The fourth-order valence-electron chi connectivity index (χ4n) is 2.07. The summed E-state index contributed by atoms with van der Waals surface area (Å²) in [6.45, 7) is 0.502. The van der Waals surface area contributed by atoms with Crippen LogP contribution in [0.5, 0.6) is 0 Å². The van der Waals surface area contributed by atoms with E-state index in [1.807, 2.05) is 42.9 Å². The summed E-state index contributed by atoms with van der Waals surface area (Å²) < 4.78 is 1.85. The van der Waals surface area contributed by atoms with Crippen molar-refractivity contribution in [3.05, 3.63) is 29.8 Å². The summed E-state index contributed by atoms with van der Waals surface area (Å²) in [6.07, 6.45) is 1.40. The quantitative estimate of drug-likeness (QED) is 0.872. The molecule has 1 aliphatic rings. The van der Waals surface area contributed by atoms with Crippen molar-refractivity contribution in [2.45, 2.75) is 17.8 Å². The highest BCUT2D eigenvalue weighted by Gasteiger charge is 2.21. The zero-order valence-electron chi connectivity index (χ0n) is 12.0. The fourth-order valence-corrected chi connectivity index (χ4v) is 2.93. The second-order valence-corrected chi connectivity index (χ2v) is 6.09.